The van der Waals surface area contributed by atoms with E-state index in [4.69, 9.17) is 0 Å². The molecule has 0 bridgehead atoms. The summed E-state index contributed by atoms with van der Waals surface area (Å²) >= 11 is 0. The van der Waals surface area contributed by atoms with Gasteiger partial charge in [0.2, 0.25) is 10.0 Å². The van der Waals surface area contributed by atoms with Crippen LogP contribution in [0.2, 0.25) is 0 Å². The highest BCUT2D eigenvalue weighted by atomic mass is 32.2. The van der Waals surface area contributed by atoms with Gasteiger partial charge in [-0.15, -0.1) is 0 Å². The van der Waals surface area contributed by atoms with Crippen molar-refractivity contribution in [1.29, 1.82) is 0 Å². The Morgan fingerprint density at radius 1 is 1.20 bits per heavy atom. The first-order chi connectivity index (χ1) is 9.51. The fourth-order valence-corrected chi connectivity index (χ4v) is 3.76. The van der Waals surface area contributed by atoms with Crippen LogP contribution >= 0.6 is 0 Å². The number of rotatable bonds is 6. The van der Waals surface area contributed by atoms with Gasteiger partial charge in [-0.05, 0) is 57.1 Å². The molecular weight excluding hydrogens is 274 g/mol. The Morgan fingerprint density at radius 3 is 2.35 bits per heavy atom. The lowest BCUT2D eigenvalue weighted by molar-refractivity contribution is 0.313. The second-order valence-electron chi connectivity index (χ2n) is 5.30. The molecule has 1 aliphatic heterocycles. The predicted octanol–water partition coefficient (Wildman–Crippen LogP) is 1.49. The first-order valence-electron chi connectivity index (χ1n) is 7.04. The number of anilines is 1. The van der Waals surface area contributed by atoms with Crippen LogP contribution in [0, 0.1) is 0 Å². The molecule has 5 nitrogen and oxygen atoms in total. The highest BCUT2D eigenvalue weighted by Gasteiger charge is 2.20. The Balaban J connectivity index is 1.98. The molecule has 1 aliphatic rings. The molecule has 0 spiro atoms. The van der Waals surface area contributed by atoms with Gasteiger partial charge in [0.15, 0.2) is 0 Å². The molecular formula is C14H23N3O2S. The fourth-order valence-electron chi connectivity index (χ4n) is 2.52. The van der Waals surface area contributed by atoms with E-state index >= 15 is 0 Å². The first-order valence-corrected chi connectivity index (χ1v) is 8.52. The number of benzene rings is 1. The van der Waals surface area contributed by atoms with E-state index in [1.165, 1.54) is 12.8 Å². The molecule has 0 aromatic heterocycles. The molecule has 1 atom stereocenters. The summed E-state index contributed by atoms with van der Waals surface area (Å²) in [5.74, 6) is 0. The van der Waals surface area contributed by atoms with Crippen LogP contribution in [-0.4, -0.2) is 46.0 Å². The van der Waals surface area contributed by atoms with Gasteiger partial charge in [-0.25, -0.2) is 13.1 Å². The summed E-state index contributed by atoms with van der Waals surface area (Å²) in [7, 11) is -1.63. The minimum absolute atomic E-state index is 0.0814. The van der Waals surface area contributed by atoms with Crippen LogP contribution < -0.4 is 10.0 Å². The summed E-state index contributed by atoms with van der Waals surface area (Å²) in [5, 5.41) is 2.97. The van der Waals surface area contributed by atoms with Gasteiger partial charge in [0.25, 0.3) is 0 Å². The number of likely N-dealkylation sites (tertiary alicyclic amines) is 1. The average molecular weight is 297 g/mol. The highest BCUT2D eigenvalue weighted by Crippen LogP contribution is 2.14. The number of nitrogens with one attached hydrogen (secondary N) is 2. The van der Waals surface area contributed by atoms with Crippen LogP contribution in [-0.2, 0) is 10.0 Å². The summed E-state index contributed by atoms with van der Waals surface area (Å²) in [6, 6.07) is 6.69. The number of nitrogens with zero attached hydrogens (tertiary/aromatic N) is 1. The molecule has 1 saturated heterocycles. The van der Waals surface area contributed by atoms with Gasteiger partial charge in [-0.1, -0.05) is 0 Å². The van der Waals surface area contributed by atoms with Crippen molar-refractivity contribution in [3.63, 3.8) is 0 Å². The summed E-state index contributed by atoms with van der Waals surface area (Å²) in [4.78, 5) is 2.61. The van der Waals surface area contributed by atoms with E-state index in [9.17, 15) is 8.42 Å². The third-order valence-electron chi connectivity index (χ3n) is 3.54. The van der Waals surface area contributed by atoms with E-state index in [1.54, 1.807) is 31.3 Å². The van der Waals surface area contributed by atoms with Crippen LogP contribution in [0.25, 0.3) is 0 Å². The zero-order chi connectivity index (χ0) is 14.6. The largest absolute Gasteiger partial charge is 0.388 e. The Morgan fingerprint density at radius 2 is 1.80 bits per heavy atom. The lowest BCUT2D eigenvalue weighted by atomic mass is 10.3. The third-order valence-corrected chi connectivity index (χ3v) is 5.15. The number of hydrogen-bond donors (Lipinski definition) is 2. The molecule has 1 fully saturated rings. The number of hydrogen-bond acceptors (Lipinski definition) is 4. The lowest BCUT2D eigenvalue weighted by Gasteiger charge is -2.21. The second kappa shape index (κ2) is 6.56. The van der Waals surface area contributed by atoms with Gasteiger partial charge in [0.05, 0.1) is 4.90 Å². The maximum Gasteiger partial charge on any atom is 0.240 e. The maximum absolute atomic E-state index is 12.3. The third kappa shape index (κ3) is 3.94. The van der Waals surface area contributed by atoms with E-state index in [-0.39, 0.29) is 6.04 Å². The van der Waals surface area contributed by atoms with Crippen LogP contribution in [0.15, 0.2) is 29.2 Å². The molecule has 0 amide bonds. The van der Waals surface area contributed by atoms with Crippen molar-refractivity contribution < 1.29 is 8.42 Å². The molecule has 1 aromatic carbocycles. The van der Waals surface area contributed by atoms with Crippen molar-refractivity contribution in [1.82, 2.24) is 9.62 Å². The average Bonchev–Trinajstić information content (AvgIpc) is 2.91. The first kappa shape index (κ1) is 15.3. The molecule has 1 aromatic rings. The summed E-state index contributed by atoms with van der Waals surface area (Å²) in [6.07, 6.45) is 2.43. The van der Waals surface area contributed by atoms with Crippen molar-refractivity contribution in [3.8, 4) is 0 Å². The molecule has 0 radical (unpaired) electrons. The maximum atomic E-state index is 12.3. The highest BCUT2D eigenvalue weighted by molar-refractivity contribution is 7.89. The van der Waals surface area contributed by atoms with Crippen molar-refractivity contribution in [2.75, 3.05) is 32.0 Å². The van der Waals surface area contributed by atoms with Gasteiger partial charge in [-0.2, -0.15) is 0 Å². The Hall–Kier alpha value is -1.11. The van der Waals surface area contributed by atoms with Crippen LogP contribution in [0.5, 0.6) is 0 Å². The zero-order valence-corrected chi connectivity index (χ0v) is 12.9. The molecule has 6 heteroatoms. The second-order valence-corrected chi connectivity index (χ2v) is 7.02. The molecule has 0 aliphatic carbocycles. The minimum atomic E-state index is -3.43. The molecule has 1 heterocycles. The SMILES string of the molecule is CNc1ccc(S(=O)(=O)NC(C)CN2CCCC2)cc1. The fraction of sp³-hybridized carbons (Fsp3) is 0.571. The van der Waals surface area contributed by atoms with Crippen LogP contribution in [0.1, 0.15) is 19.8 Å². The van der Waals surface area contributed by atoms with Crippen LogP contribution in [0.4, 0.5) is 5.69 Å². The predicted molar refractivity (Wildman–Crippen MR) is 81.4 cm³/mol. The Kier molecular flexibility index (Phi) is 5.01. The van der Waals surface area contributed by atoms with Crippen molar-refractivity contribution in [3.05, 3.63) is 24.3 Å². The van der Waals surface area contributed by atoms with Crippen LogP contribution in [0.3, 0.4) is 0 Å². The molecule has 20 heavy (non-hydrogen) atoms. The minimum Gasteiger partial charge on any atom is -0.388 e. The Bertz CT molecular complexity index is 522. The Labute approximate surface area is 121 Å². The van der Waals surface area contributed by atoms with Crippen molar-refractivity contribution in [2.24, 2.45) is 0 Å². The topological polar surface area (TPSA) is 61.4 Å². The van der Waals surface area contributed by atoms with E-state index in [0.717, 1.165) is 25.3 Å². The summed E-state index contributed by atoms with van der Waals surface area (Å²) in [5.41, 5.74) is 0.897. The molecule has 112 valence electrons. The van der Waals surface area contributed by atoms with E-state index in [2.05, 4.69) is 14.9 Å². The quantitative estimate of drug-likeness (QED) is 0.835. The standard InChI is InChI=1S/C14H23N3O2S/c1-12(11-17-9-3-4-10-17)16-20(18,19)14-7-5-13(15-2)6-8-14/h5-8,12,15-16H,3-4,9-11H2,1-2H3. The van der Waals surface area contributed by atoms with E-state index in [0.29, 0.717) is 4.90 Å². The molecule has 2 N–H and O–H groups in total. The lowest BCUT2D eigenvalue weighted by Crippen LogP contribution is -2.40. The van der Waals surface area contributed by atoms with E-state index in [1.807, 2.05) is 6.92 Å². The van der Waals surface area contributed by atoms with Gasteiger partial charge in [-0.3, -0.25) is 0 Å². The summed E-state index contributed by atoms with van der Waals surface area (Å²) in [6.45, 7) is 4.83. The normalized spacial score (nSPS) is 18.1. The monoisotopic (exact) mass is 297 g/mol. The van der Waals surface area contributed by atoms with Crippen molar-refractivity contribution in [2.45, 2.75) is 30.7 Å². The molecule has 0 saturated carbocycles. The van der Waals surface area contributed by atoms with E-state index < -0.39 is 10.0 Å². The van der Waals surface area contributed by atoms with Gasteiger partial charge < -0.3 is 10.2 Å². The molecule has 1 unspecified atom stereocenters. The zero-order valence-electron chi connectivity index (χ0n) is 12.1. The van der Waals surface area contributed by atoms with Gasteiger partial charge in [0, 0.05) is 25.3 Å². The van der Waals surface area contributed by atoms with Gasteiger partial charge >= 0.3 is 0 Å². The molecule has 2 rings (SSSR count). The smallest absolute Gasteiger partial charge is 0.240 e. The summed E-state index contributed by atoms with van der Waals surface area (Å²) < 4.78 is 27.3. The number of sulfonamides is 1. The van der Waals surface area contributed by atoms with Gasteiger partial charge in [0.1, 0.15) is 0 Å². The van der Waals surface area contributed by atoms with Crippen molar-refractivity contribution >= 4 is 15.7 Å².